The molecule has 1 saturated carbocycles. The normalized spacial score (nSPS) is 14.4. The van der Waals surface area contributed by atoms with Crippen LogP contribution in [0.15, 0.2) is 51.8 Å². The Morgan fingerprint density at radius 3 is 2.92 bits per heavy atom. The molecule has 0 N–H and O–H groups in total. The molecular formula is C18H18FN3O2. The molecule has 0 bridgehead atoms. The van der Waals surface area contributed by atoms with Crippen LogP contribution in [0.1, 0.15) is 24.3 Å². The lowest BCUT2D eigenvalue weighted by molar-refractivity contribution is 0.219. The number of benzene rings is 1. The molecule has 5 nitrogen and oxygen atoms in total. The second kappa shape index (κ2) is 6.57. The zero-order chi connectivity index (χ0) is 16.4. The van der Waals surface area contributed by atoms with E-state index in [9.17, 15) is 4.39 Å². The Balaban J connectivity index is 1.41. The third-order valence-electron chi connectivity index (χ3n) is 4.23. The first kappa shape index (κ1) is 15.1. The number of furan rings is 1. The summed E-state index contributed by atoms with van der Waals surface area (Å²) in [6, 6.07) is 9.13. The highest BCUT2D eigenvalue weighted by Gasteiger charge is 2.30. The van der Waals surface area contributed by atoms with Crippen molar-refractivity contribution in [2.24, 2.45) is 0 Å². The van der Waals surface area contributed by atoms with Crippen LogP contribution in [-0.2, 0) is 13.0 Å². The van der Waals surface area contributed by atoms with Crippen LogP contribution in [0.3, 0.4) is 0 Å². The number of aromatic nitrogens is 2. The molecule has 0 radical (unpaired) electrons. The van der Waals surface area contributed by atoms with E-state index in [0.29, 0.717) is 24.3 Å². The molecule has 0 atom stereocenters. The van der Waals surface area contributed by atoms with Crippen molar-refractivity contribution >= 4 is 0 Å². The summed E-state index contributed by atoms with van der Waals surface area (Å²) in [6.07, 6.45) is 6.35. The molecule has 1 aliphatic carbocycles. The van der Waals surface area contributed by atoms with E-state index in [1.165, 1.54) is 18.9 Å². The molecule has 2 heterocycles. The molecule has 1 aromatic carbocycles. The fourth-order valence-corrected chi connectivity index (χ4v) is 2.80. The lowest BCUT2D eigenvalue weighted by Gasteiger charge is -2.19. The summed E-state index contributed by atoms with van der Waals surface area (Å²) in [4.78, 5) is 6.76. The number of hydrogen-bond donors (Lipinski definition) is 0. The van der Waals surface area contributed by atoms with Gasteiger partial charge in [0.25, 0.3) is 0 Å². The van der Waals surface area contributed by atoms with Crippen molar-refractivity contribution in [1.82, 2.24) is 15.0 Å². The maximum absolute atomic E-state index is 13.3. The molecule has 2 aromatic heterocycles. The fourth-order valence-electron chi connectivity index (χ4n) is 2.80. The average Bonchev–Trinajstić information content (AvgIpc) is 3.09. The maximum atomic E-state index is 13.3. The molecule has 4 rings (SSSR count). The van der Waals surface area contributed by atoms with Crippen molar-refractivity contribution in [2.75, 3.05) is 6.54 Å². The number of rotatable bonds is 7. The van der Waals surface area contributed by atoms with E-state index in [2.05, 4.69) is 15.0 Å². The van der Waals surface area contributed by atoms with E-state index in [0.717, 1.165) is 24.1 Å². The smallest absolute Gasteiger partial charge is 0.241 e. The summed E-state index contributed by atoms with van der Waals surface area (Å²) in [5, 5.41) is 4.00. The molecule has 3 aromatic rings. The summed E-state index contributed by atoms with van der Waals surface area (Å²) >= 11 is 0. The van der Waals surface area contributed by atoms with Crippen molar-refractivity contribution in [2.45, 2.75) is 31.8 Å². The van der Waals surface area contributed by atoms with Crippen molar-refractivity contribution in [3.8, 4) is 11.4 Å². The van der Waals surface area contributed by atoms with Gasteiger partial charge in [-0.15, -0.1) is 0 Å². The van der Waals surface area contributed by atoms with Crippen LogP contribution in [0.2, 0.25) is 0 Å². The van der Waals surface area contributed by atoms with Crippen molar-refractivity contribution < 1.29 is 13.3 Å². The van der Waals surface area contributed by atoms with Crippen molar-refractivity contribution in [1.29, 1.82) is 0 Å². The molecule has 0 saturated heterocycles. The van der Waals surface area contributed by atoms with Crippen molar-refractivity contribution in [3.05, 3.63) is 60.1 Å². The Kier molecular flexibility index (Phi) is 4.13. The lowest BCUT2D eigenvalue weighted by atomic mass is 10.1. The maximum Gasteiger partial charge on any atom is 0.241 e. The highest BCUT2D eigenvalue weighted by Crippen LogP contribution is 2.28. The molecule has 0 amide bonds. The molecule has 24 heavy (non-hydrogen) atoms. The van der Waals surface area contributed by atoms with Gasteiger partial charge in [-0.2, -0.15) is 4.98 Å². The Bertz CT molecular complexity index is 796. The first-order valence-electron chi connectivity index (χ1n) is 8.11. The molecule has 0 unspecified atom stereocenters. The highest BCUT2D eigenvalue weighted by atomic mass is 19.1. The largest absolute Gasteiger partial charge is 0.472 e. The summed E-state index contributed by atoms with van der Waals surface area (Å²) in [5.41, 5.74) is 1.81. The molecule has 0 aliphatic heterocycles. The topological polar surface area (TPSA) is 55.3 Å². The van der Waals surface area contributed by atoms with Gasteiger partial charge in [0.05, 0.1) is 18.4 Å². The van der Waals surface area contributed by atoms with Crippen LogP contribution in [0.4, 0.5) is 4.39 Å². The van der Waals surface area contributed by atoms with Gasteiger partial charge in [-0.05, 0) is 43.0 Å². The number of nitrogens with zero attached hydrogens (tertiary/aromatic N) is 3. The van der Waals surface area contributed by atoms with Gasteiger partial charge >= 0.3 is 0 Å². The van der Waals surface area contributed by atoms with Crippen LogP contribution >= 0.6 is 0 Å². The van der Waals surface area contributed by atoms with Gasteiger partial charge < -0.3 is 8.94 Å². The van der Waals surface area contributed by atoms with Gasteiger partial charge in [-0.25, -0.2) is 4.39 Å². The Labute approximate surface area is 139 Å². The molecule has 124 valence electrons. The van der Waals surface area contributed by atoms with Gasteiger partial charge in [-0.3, -0.25) is 4.90 Å². The summed E-state index contributed by atoms with van der Waals surface area (Å²) < 4.78 is 23.7. The predicted octanol–water partition coefficient (Wildman–Crippen LogP) is 3.68. The molecule has 1 fully saturated rings. The van der Waals surface area contributed by atoms with Crippen LogP contribution < -0.4 is 0 Å². The number of hydrogen-bond acceptors (Lipinski definition) is 5. The van der Waals surface area contributed by atoms with Gasteiger partial charge in [0.15, 0.2) is 0 Å². The number of halogens is 1. The third-order valence-corrected chi connectivity index (χ3v) is 4.23. The zero-order valence-electron chi connectivity index (χ0n) is 13.2. The van der Waals surface area contributed by atoms with Crippen LogP contribution in [0, 0.1) is 5.82 Å². The minimum atomic E-state index is -0.188. The Morgan fingerprint density at radius 2 is 2.17 bits per heavy atom. The van der Waals surface area contributed by atoms with Gasteiger partial charge in [0, 0.05) is 12.6 Å². The van der Waals surface area contributed by atoms with E-state index in [4.69, 9.17) is 8.94 Å². The minimum Gasteiger partial charge on any atom is -0.472 e. The standard InChI is InChI=1S/C18H18FN3O2/c19-15-3-1-2-13(10-15)6-8-22(16-4-5-16)11-17-20-18(21-24-17)14-7-9-23-12-14/h1-3,7,9-10,12,16H,4-6,8,11H2. The summed E-state index contributed by atoms with van der Waals surface area (Å²) in [6.45, 7) is 1.46. The van der Waals surface area contributed by atoms with E-state index >= 15 is 0 Å². The second-order valence-electron chi connectivity index (χ2n) is 6.11. The van der Waals surface area contributed by atoms with Gasteiger partial charge in [0.1, 0.15) is 12.1 Å². The summed E-state index contributed by atoms with van der Waals surface area (Å²) in [5.74, 6) is 0.948. The second-order valence-corrected chi connectivity index (χ2v) is 6.11. The van der Waals surface area contributed by atoms with E-state index in [-0.39, 0.29) is 5.82 Å². The third kappa shape index (κ3) is 3.54. The monoisotopic (exact) mass is 327 g/mol. The van der Waals surface area contributed by atoms with Gasteiger partial charge in [-0.1, -0.05) is 17.3 Å². The minimum absolute atomic E-state index is 0.188. The first-order chi connectivity index (χ1) is 11.8. The fraction of sp³-hybridized carbons (Fsp3) is 0.333. The van der Waals surface area contributed by atoms with Crippen molar-refractivity contribution in [3.63, 3.8) is 0 Å². The van der Waals surface area contributed by atoms with Gasteiger partial charge in [0.2, 0.25) is 11.7 Å². The highest BCUT2D eigenvalue weighted by molar-refractivity contribution is 5.51. The van der Waals surface area contributed by atoms with E-state index < -0.39 is 0 Å². The van der Waals surface area contributed by atoms with E-state index in [1.807, 2.05) is 6.07 Å². The van der Waals surface area contributed by atoms with Crippen LogP contribution in [0.25, 0.3) is 11.4 Å². The van der Waals surface area contributed by atoms with Crippen LogP contribution in [0.5, 0.6) is 0 Å². The SMILES string of the molecule is Fc1cccc(CCN(Cc2nc(-c3ccoc3)no2)C2CC2)c1. The predicted molar refractivity (Wildman–Crippen MR) is 85.5 cm³/mol. The van der Waals surface area contributed by atoms with E-state index in [1.54, 1.807) is 30.7 Å². The quantitative estimate of drug-likeness (QED) is 0.662. The summed E-state index contributed by atoms with van der Waals surface area (Å²) in [7, 11) is 0. The first-order valence-corrected chi connectivity index (χ1v) is 8.11. The molecule has 1 aliphatic rings. The Morgan fingerprint density at radius 1 is 1.25 bits per heavy atom. The molecule has 6 heteroatoms. The van der Waals surface area contributed by atoms with Crippen LogP contribution in [-0.4, -0.2) is 27.6 Å². The zero-order valence-corrected chi connectivity index (χ0v) is 13.2. The lowest BCUT2D eigenvalue weighted by Crippen LogP contribution is -2.28. The Hall–Kier alpha value is -2.47. The molecule has 0 spiro atoms. The average molecular weight is 327 g/mol. The molecular weight excluding hydrogens is 309 g/mol.